The molecule has 5 nitrogen and oxygen atoms in total. The van der Waals surface area contributed by atoms with Crippen LogP contribution in [0.1, 0.15) is 18.5 Å². The van der Waals surface area contributed by atoms with Gasteiger partial charge in [-0.3, -0.25) is 4.68 Å². The smallest absolute Gasteiger partial charge is 0.0841 e. The van der Waals surface area contributed by atoms with Crippen molar-refractivity contribution < 1.29 is 9.84 Å². The molecule has 3 rings (SSSR count). The normalized spacial score (nSPS) is 18.5. The molecule has 0 bridgehead atoms. The van der Waals surface area contributed by atoms with Gasteiger partial charge in [-0.1, -0.05) is 18.2 Å². The number of aromatic nitrogens is 2. The Labute approximate surface area is 118 Å². The second kappa shape index (κ2) is 5.52. The molecule has 1 aromatic carbocycles. The van der Waals surface area contributed by atoms with Gasteiger partial charge in [0.2, 0.25) is 0 Å². The molecule has 108 valence electrons. The Kier molecular flexibility index (Phi) is 3.74. The first kappa shape index (κ1) is 13.5. The van der Waals surface area contributed by atoms with Crippen LogP contribution in [0.15, 0.2) is 24.3 Å². The topological polar surface area (TPSA) is 59.3 Å². The van der Waals surface area contributed by atoms with Gasteiger partial charge in [-0.25, -0.2) is 0 Å². The fourth-order valence-electron chi connectivity index (χ4n) is 2.76. The number of ether oxygens (including phenoxy) is 1. The van der Waals surface area contributed by atoms with Crippen LogP contribution in [-0.2, 0) is 18.3 Å². The van der Waals surface area contributed by atoms with Crippen molar-refractivity contribution in [2.24, 2.45) is 7.05 Å². The summed E-state index contributed by atoms with van der Waals surface area (Å²) in [5.74, 6) is 0. The lowest BCUT2D eigenvalue weighted by atomic mass is 9.94. The van der Waals surface area contributed by atoms with E-state index in [9.17, 15) is 5.11 Å². The van der Waals surface area contributed by atoms with Crippen LogP contribution in [-0.4, -0.2) is 40.2 Å². The standard InChI is InChI=1S/C15H21N3O2/c1-18-14-5-3-2-4-12(14)13(17-18)10-16-11-15(19)6-8-20-9-7-15/h2-5,16,19H,6-11H2,1H3. The fraction of sp³-hybridized carbons (Fsp3) is 0.533. The molecule has 1 aromatic heterocycles. The highest BCUT2D eigenvalue weighted by molar-refractivity contribution is 5.81. The lowest BCUT2D eigenvalue weighted by Crippen LogP contribution is -2.44. The zero-order valence-corrected chi connectivity index (χ0v) is 11.8. The molecule has 0 spiro atoms. The molecule has 1 saturated heterocycles. The molecule has 20 heavy (non-hydrogen) atoms. The van der Waals surface area contributed by atoms with Gasteiger partial charge in [0.15, 0.2) is 0 Å². The molecule has 0 radical (unpaired) electrons. The molecule has 2 N–H and O–H groups in total. The van der Waals surface area contributed by atoms with Crippen molar-refractivity contribution in [3.63, 3.8) is 0 Å². The molecule has 0 aliphatic carbocycles. The number of hydrogen-bond donors (Lipinski definition) is 2. The van der Waals surface area contributed by atoms with Crippen molar-refractivity contribution in [2.75, 3.05) is 19.8 Å². The van der Waals surface area contributed by atoms with Crippen molar-refractivity contribution in [3.8, 4) is 0 Å². The predicted octanol–water partition coefficient (Wildman–Crippen LogP) is 1.20. The number of para-hydroxylation sites is 1. The highest BCUT2D eigenvalue weighted by atomic mass is 16.5. The van der Waals surface area contributed by atoms with Gasteiger partial charge < -0.3 is 15.2 Å². The zero-order chi connectivity index (χ0) is 14.0. The van der Waals surface area contributed by atoms with Crippen molar-refractivity contribution in [3.05, 3.63) is 30.0 Å². The van der Waals surface area contributed by atoms with Crippen molar-refractivity contribution >= 4 is 10.9 Å². The molecule has 0 unspecified atom stereocenters. The Balaban J connectivity index is 1.65. The Morgan fingerprint density at radius 2 is 2.10 bits per heavy atom. The third-order valence-corrected chi connectivity index (χ3v) is 4.00. The van der Waals surface area contributed by atoms with Crippen LogP contribution in [0.4, 0.5) is 0 Å². The highest BCUT2D eigenvalue weighted by Crippen LogP contribution is 2.20. The van der Waals surface area contributed by atoms with Crippen molar-refractivity contribution in [2.45, 2.75) is 25.0 Å². The Hall–Kier alpha value is -1.43. The summed E-state index contributed by atoms with van der Waals surface area (Å²) in [6.45, 7) is 2.54. The van der Waals surface area contributed by atoms with E-state index in [1.165, 1.54) is 5.39 Å². The largest absolute Gasteiger partial charge is 0.388 e. The summed E-state index contributed by atoms with van der Waals surface area (Å²) in [7, 11) is 1.96. The number of nitrogens with one attached hydrogen (secondary N) is 1. The summed E-state index contributed by atoms with van der Waals surface area (Å²) < 4.78 is 7.19. The van der Waals surface area contributed by atoms with Crippen molar-refractivity contribution in [1.82, 2.24) is 15.1 Å². The Morgan fingerprint density at radius 1 is 1.35 bits per heavy atom. The maximum Gasteiger partial charge on any atom is 0.0841 e. The van der Waals surface area contributed by atoms with E-state index in [1.807, 2.05) is 23.9 Å². The predicted molar refractivity (Wildman–Crippen MR) is 77.4 cm³/mol. The first-order valence-corrected chi connectivity index (χ1v) is 7.09. The van der Waals surface area contributed by atoms with Gasteiger partial charge >= 0.3 is 0 Å². The average molecular weight is 275 g/mol. The van der Waals surface area contributed by atoms with E-state index in [4.69, 9.17) is 4.74 Å². The van der Waals surface area contributed by atoms with Gasteiger partial charge in [0.1, 0.15) is 0 Å². The van der Waals surface area contributed by atoms with Gasteiger partial charge in [-0.2, -0.15) is 5.10 Å². The van der Waals surface area contributed by atoms with Gasteiger partial charge in [0.25, 0.3) is 0 Å². The number of hydrogen-bond acceptors (Lipinski definition) is 4. The second-order valence-electron chi connectivity index (χ2n) is 5.53. The van der Waals surface area contributed by atoms with E-state index in [2.05, 4.69) is 22.5 Å². The van der Waals surface area contributed by atoms with Gasteiger partial charge in [-0.15, -0.1) is 0 Å². The SMILES string of the molecule is Cn1nc(CNCC2(O)CCOCC2)c2ccccc21. The molecule has 2 aromatic rings. The summed E-state index contributed by atoms with van der Waals surface area (Å²) in [5, 5.41) is 19.4. The van der Waals surface area contributed by atoms with E-state index in [0.29, 0.717) is 39.1 Å². The molecule has 1 aliphatic heterocycles. The fourth-order valence-corrected chi connectivity index (χ4v) is 2.76. The molecular weight excluding hydrogens is 254 g/mol. The number of fused-ring (bicyclic) bond motifs is 1. The minimum atomic E-state index is -0.636. The maximum absolute atomic E-state index is 10.4. The molecule has 2 heterocycles. The highest BCUT2D eigenvalue weighted by Gasteiger charge is 2.29. The van der Waals surface area contributed by atoms with Crippen LogP contribution in [0.3, 0.4) is 0 Å². The lowest BCUT2D eigenvalue weighted by molar-refractivity contribution is -0.0617. The monoisotopic (exact) mass is 275 g/mol. The number of nitrogens with zero attached hydrogens (tertiary/aromatic N) is 2. The quantitative estimate of drug-likeness (QED) is 0.880. The van der Waals surface area contributed by atoms with Gasteiger partial charge in [0, 0.05) is 51.6 Å². The Bertz CT molecular complexity index is 588. The number of benzene rings is 1. The summed E-state index contributed by atoms with van der Waals surface area (Å²) >= 11 is 0. The second-order valence-corrected chi connectivity index (χ2v) is 5.53. The average Bonchev–Trinajstić information content (AvgIpc) is 2.77. The maximum atomic E-state index is 10.4. The van der Waals surface area contributed by atoms with Crippen molar-refractivity contribution in [1.29, 1.82) is 0 Å². The number of rotatable bonds is 4. The summed E-state index contributed by atoms with van der Waals surface area (Å²) in [6, 6.07) is 8.20. The van der Waals surface area contributed by atoms with Gasteiger partial charge in [-0.05, 0) is 6.07 Å². The molecule has 5 heteroatoms. The number of aryl methyl sites for hydroxylation is 1. The summed E-state index contributed by atoms with van der Waals surface area (Å²) in [4.78, 5) is 0. The number of aliphatic hydroxyl groups is 1. The van der Waals surface area contributed by atoms with Crippen LogP contribution in [0, 0.1) is 0 Å². The minimum Gasteiger partial charge on any atom is -0.388 e. The molecule has 0 saturated carbocycles. The van der Waals surface area contributed by atoms with Crippen LogP contribution in [0.25, 0.3) is 10.9 Å². The van der Waals surface area contributed by atoms with Crippen LogP contribution in [0.5, 0.6) is 0 Å². The van der Waals surface area contributed by atoms with Crippen LogP contribution >= 0.6 is 0 Å². The van der Waals surface area contributed by atoms with E-state index < -0.39 is 5.60 Å². The first-order chi connectivity index (χ1) is 9.68. The molecule has 1 aliphatic rings. The summed E-state index contributed by atoms with van der Waals surface area (Å²) in [6.07, 6.45) is 1.39. The van der Waals surface area contributed by atoms with Gasteiger partial charge in [0.05, 0.1) is 16.8 Å². The van der Waals surface area contributed by atoms with Crippen LogP contribution < -0.4 is 5.32 Å². The molecule has 1 fully saturated rings. The van der Waals surface area contributed by atoms with E-state index in [0.717, 1.165) is 11.2 Å². The first-order valence-electron chi connectivity index (χ1n) is 7.09. The summed E-state index contributed by atoms with van der Waals surface area (Å²) in [5.41, 5.74) is 1.52. The third kappa shape index (κ3) is 2.70. The third-order valence-electron chi connectivity index (χ3n) is 4.00. The Morgan fingerprint density at radius 3 is 2.90 bits per heavy atom. The molecular formula is C15H21N3O2. The van der Waals surface area contributed by atoms with E-state index in [1.54, 1.807) is 0 Å². The van der Waals surface area contributed by atoms with E-state index >= 15 is 0 Å². The zero-order valence-electron chi connectivity index (χ0n) is 11.8. The van der Waals surface area contributed by atoms with Crippen LogP contribution in [0.2, 0.25) is 0 Å². The minimum absolute atomic E-state index is 0.585. The van der Waals surface area contributed by atoms with E-state index in [-0.39, 0.29) is 0 Å². The lowest BCUT2D eigenvalue weighted by Gasteiger charge is -2.32. The molecule has 0 amide bonds. The molecule has 0 atom stereocenters.